The predicted molar refractivity (Wildman–Crippen MR) is 485 cm³/mol. The summed E-state index contributed by atoms with van der Waals surface area (Å²) in [6.45, 7) is 20.4. The molecule has 17 heterocycles. The van der Waals surface area contributed by atoms with Gasteiger partial charge in [-0.05, 0) is 82.7 Å². The molecule has 740 valence electrons. The second-order valence-electron chi connectivity index (χ2n) is 32.9. The summed E-state index contributed by atoms with van der Waals surface area (Å²) in [5.74, 6) is 16.4. The fourth-order valence-electron chi connectivity index (χ4n) is 15.3. The Bertz CT molecular complexity index is 6850. The van der Waals surface area contributed by atoms with Gasteiger partial charge in [0.05, 0.1) is 57.5 Å². The van der Waals surface area contributed by atoms with Gasteiger partial charge in [-0.3, -0.25) is 28.2 Å². The van der Waals surface area contributed by atoms with E-state index in [4.69, 9.17) is 111 Å². The third-order valence-corrected chi connectivity index (χ3v) is 22.4. The standard InChI is InChI=1S/C19H19N5O8.C19H21N5O5.C17H22N6O4.C17H21N5O5.C15H18N6O4/c1-4-19(7-29-17(26)28-6-11-9(2)30-18(27)31-11)12(25)5-13(32-19)24-8-21-14-15(20)22-10(3)23-16(14)24;1-5-19(8-25)14(26)6-15(29-19)24-9-21-16-17(22-11(3)23-18(16)24)20-7-13-10(2)27-12(4)28-13;1-5-17(7-26-16(25)20-9(2)3)11(24)6-12(27-17)23-8-19-13-14(18)21-10(4)22-15(13)23;1-5-17(7-23)11(24)6-12(27-17)22-8-18-13-14(19-10(4)20-15(13)22)21-16(25)26-9(2)3;1-4-15(6-24-14(23)17-3)9(22)5-10(25-15)21-7-18-11-12(16)19-8(2)20-13(11)21/h1,8,12-13,25H,5-7H2,2-3H3,(H2,20,22,23);1,9,14-15,25-26H,4,6-8H2,2-3H3,(H,20,22,23);1,8-9,11-12,24H,6-7H2,2-4H3,(H,20,25)(H2,18,21,22);1,8-9,11-12,23-24H,6-7H2,2-4H3,(H,19,20,21,25);1,7,9-10,22H,5-6H2,2-3H3,(H,17,23)(H2,16,19,20)/t12-,13+,19+;14-,15+,19+;2*11-,12+,17+;9-,10+,15+/m00000/s1. The number of fused-ring (bicyclic) bond motifs is 5. The van der Waals surface area contributed by atoms with Gasteiger partial charge in [-0.1, -0.05) is 29.6 Å². The lowest BCUT2D eigenvalue weighted by atomic mass is 9.99. The van der Waals surface area contributed by atoms with Gasteiger partial charge in [0.25, 0.3) is 5.95 Å². The van der Waals surface area contributed by atoms with Crippen molar-refractivity contribution in [2.75, 3.05) is 74.5 Å². The zero-order chi connectivity index (χ0) is 102. The fraction of sp³-hybridized carbons (Fsp3) is 0.471. The third kappa shape index (κ3) is 21.3. The molecular weight excluding hydrogens is 1840 g/mol. The normalized spacial score (nSPS) is 24.9. The van der Waals surface area contributed by atoms with Gasteiger partial charge in [-0.2, -0.15) is 0 Å². The van der Waals surface area contributed by atoms with Crippen LogP contribution in [-0.4, -0.2) is 275 Å². The van der Waals surface area contributed by atoms with E-state index in [0.29, 0.717) is 109 Å². The molecule has 3 amide bonds. The summed E-state index contributed by atoms with van der Waals surface area (Å²) >= 11 is 0. The minimum atomic E-state index is -1.63. The van der Waals surface area contributed by atoms with E-state index >= 15 is 0 Å². The summed E-state index contributed by atoms with van der Waals surface area (Å²) in [5, 5.41) is 81.8. The number of anilines is 5. The number of aryl methyl sites for hydroxylation is 6. The van der Waals surface area contributed by atoms with Gasteiger partial charge in [0.15, 0.2) is 120 Å². The maximum Gasteiger partial charge on any atom is 0.519 e. The van der Waals surface area contributed by atoms with Crippen molar-refractivity contribution in [3.05, 3.63) is 107 Å². The van der Waals surface area contributed by atoms with E-state index in [1.54, 1.807) is 98.4 Å². The number of aliphatic hydroxyl groups is 7. The summed E-state index contributed by atoms with van der Waals surface area (Å²) in [5.41, 5.74) is 14.5. The maximum absolute atomic E-state index is 12.0. The molecule has 17 rings (SSSR count). The zero-order valence-corrected chi connectivity index (χ0v) is 77.5. The van der Waals surface area contributed by atoms with Crippen LogP contribution in [0.2, 0.25) is 0 Å². The van der Waals surface area contributed by atoms with Crippen LogP contribution in [0.5, 0.6) is 0 Å². The topological polar surface area (TPSA) is 708 Å². The number of nitrogens with two attached hydrogens (primary N) is 3. The molecule has 17 N–H and O–H groups in total. The van der Waals surface area contributed by atoms with Gasteiger partial charge < -0.3 is 135 Å². The van der Waals surface area contributed by atoms with Gasteiger partial charge in [0.1, 0.15) is 133 Å². The highest BCUT2D eigenvalue weighted by Crippen LogP contribution is 2.45. The number of carbonyl (C=O) groups is 4. The van der Waals surface area contributed by atoms with E-state index in [2.05, 4.69) is 137 Å². The largest absolute Gasteiger partial charge is 0.519 e. The number of allylic oxidation sites excluding steroid dienone is 1. The SMILES string of the molecule is C#C[C@]1(CO)O[C@@H](n2cnc3c(NC(=O)OC(C)C)nc(C)nc32)C[C@@H]1O.C#C[C@]1(CO)O[C@@H](n2cnc3c(NCC4=C(C)OC(=C)O4)nc(C)nc32)C[C@@H]1O.C#C[C@]1(COC(=O)NC(C)C)O[C@@H](n2cnc3c(N)nc(C)nc32)C[C@@H]1O.C#C[C@]1(COC(=O)NC)O[C@@H](n2cnc3c(N)nc(C)nc32)C[C@@H]1O.C#C[C@]1(COC(=O)OCc2oc(=O)oc2C)O[C@@H](n2cnc3c(N)nc(C)nc32)C[C@@H]1O. The van der Waals surface area contributed by atoms with Gasteiger partial charge in [0.2, 0.25) is 0 Å². The highest BCUT2D eigenvalue weighted by atomic mass is 16.7. The minimum absolute atomic E-state index is 0.0411. The number of aromatic nitrogens is 20. The van der Waals surface area contributed by atoms with Gasteiger partial charge in [-0.15, -0.1) is 32.1 Å². The number of terminal acetylenes is 5. The number of alkyl carbamates (subject to hydrolysis) is 2. The van der Waals surface area contributed by atoms with Crippen LogP contribution in [0.15, 0.2) is 69.3 Å². The first-order chi connectivity index (χ1) is 66.5. The van der Waals surface area contributed by atoms with Gasteiger partial charge in [0, 0.05) is 45.2 Å². The molecule has 0 radical (unpaired) electrons. The van der Waals surface area contributed by atoms with Crippen molar-refractivity contribution in [3.63, 3.8) is 0 Å². The first-order valence-corrected chi connectivity index (χ1v) is 42.9. The number of nitrogen functional groups attached to an aromatic ring is 3. The number of imidazole rings is 5. The number of carbonyl (C=O) groups excluding carboxylic acids is 4. The fourth-order valence-corrected chi connectivity index (χ4v) is 15.3. The van der Waals surface area contributed by atoms with Crippen molar-refractivity contribution in [2.45, 2.75) is 217 Å². The van der Waals surface area contributed by atoms with E-state index in [0.717, 1.165) is 0 Å². The molecule has 140 heavy (non-hydrogen) atoms. The molecule has 0 aromatic carbocycles. The van der Waals surface area contributed by atoms with Crippen LogP contribution in [-0.2, 0) is 63.4 Å². The number of hydrogen-bond acceptors (Lipinski definition) is 45. The highest BCUT2D eigenvalue weighted by Gasteiger charge is 2.54. The first kappa shape index (κ1) is 102. The molecule has 53 nitrogen and oxygen atoms in total. The molecule has 5 saturated heterocycles. The minimum Gasteiger partial charge on any atom is -0.447 e. The van der Waals surface area contributed by atoms with Crippen LogP contribution >= 0.6 is 0 Å². The molecule has 11 aromatic heterocycles. The Labute approximate surface area is 794 Å². The Morgan fingerprint density at radius 2 is 0.821 bits per heavy atom. The van der Waals surface area contributed by atoms with Crippen LogP contribution in [0.25, 0.3) is 55.8 Å². The molecule has 0 aliphatic carbocycles. The van der Waals surface area contributed by atoms with Gasteiger partial charge in [-0.25, -0.2) is 98.7 Å². The lowest BCUT2D eigenvalue weighted by molar-refractivity contribution is -0.0987. The number of hydrogen-bond donors (Lipinski definition) is 14. The lowest BCUT2D eigenvalue weighted by Crippen LogP contribution is -2.44. The van der Waals surface area contributed by atoms with Crippen LogP contribution in [0.4, 0.5) is 48.3 Å². The second kappa shape index (κ2) is 41.8. The quantitative estimate of drug-likeness (QED) is 0.0279. The van der Waals surface area contributed by atoms with Crippen molar-refractivity contribution in [3.8, 4) is 61.7 Å². The Balaban J connectivity index is 0.000000148. The summed E-state index contributed by atoms with van der Waals surface area (Å²) in [4.78, 5) is 122. The average molecular weight is 1940 g/mol. The Morgan fingerprint density at radius 1 is 0.479 bits per heavy atom. The number of amides is 3. The van der Waals surface area contributed by atoms with Crippen LogP contribution in [0, 0.1) is 103 Å². The Kier molecular flexibility index (Phi) is 30.4. The van der Waals surface area contributed by atoms with Crippen molar-refractivity contribution < 1.29 is 121 Å². The maximum atomic E-state index is 12.0. The van der Waals surface area contributed by atoms with Crippen molar-refractivity contribution in [1.29, 1.82) is 0 Å². The molecular formula is C87H101N27O26. The molecule has 53 heteroatoms. The number of aliphatic hydroxyl groups excluding tert-OH is 7. The predicted octanol–water partition coefficient (Wildman–Crippen LogP) is 2.48. The summed E-state index contributed by atoms with van der Waals surface area (Å²) < 4.78 is 82.6. The molecule has 5 fully saturated rings. The van der Waals surface area contributed by atoms with E-state index in [1.165, 1.54) is 39.3 Å². The Morgan fingerprint density at radius 3 is 1.16 bits per heavy atom. The molecule has 11 aromatic rings. The average Bonchev–Trinajstić information content (AvgIpc) is 1.63. The number of rotatable bonds is 21. The number of ether oxygens (including phenoxy) is 12. The van der Waals surface area contributed by atoms with E-state index in [9.17, 15) is 59.7 Å². The van der Waals surface area contributed by atoms with E-state index in [1.807, 2.05) is 0 Å². The molecule has 0 spiro atoms. The molecule has 0 bridgehead atoms. The van der Waals surface area contributed by atoms with Gasteiger partial charge >= 0.3 is 30.3 Å². The van der Waals surface area contributed by atoms with Crippen molar-refractivity contribution >= 4 is 109 Å². The first-order valence-electron chi connectivity index (χ1n) is 42.9. The molecule has 15 atom stereocenters. The lowest BCUT2D eigenvalue weighted by Gasteiger charge is -2.26. The van der Waals surface area contributed by atoms with Crippen molar-refractivity contribution in [1.82, 2.24) is 108 Å². The third-order valence-electron chi connectivity index (χ3n) is 22.4. The smallest absolute Gasteiger partial charge is 0.447 e. The molecule has 0 saturated carbocycles. The van der Waals surface area contributed by atoms with Crippen LogP contribution in [0.1, 0.15) is 139 Å². The summed E-state index contributed by atoms with van der Waals surface area (Å²) in [6, 6.07) is -0.0906. The monoisotopic (exact) mass is 1940 g/mol. The number of nitrogens with one attached hydrogen (secondary N) is 4. The second-order valence-corrected chi connectivity index (χ2v) is 32.9. The van der Waals surface area contributed by atoms with E-state index in [-0.39, 0.29) is 105 Å². The van der Waals surface area contributed by atoms with E-state index < -0.39 is 140 Å². The zero-order valence-electron chi connectivity index (χ0n) is 77.5. The molecule has 0 unspecified atom stereocenters. The molecule has 6 aliphatic rings. The Hall–Kier alpha value is -15.6. The summed E-state index contributed by atoms with van der Waals surface area (Å²) in [7, 11) is 1.42. The van der Waals surface area contributed by atoms with Crippen molar-refractivity contribution in [2.24, 2.45) is 0 Å². The highest BCUT2D eigenvalue weighted by molar-refractivity contribution is 5.94. The van der Waals surface area contributed by atoms with Crippen LogP contribution < -0.4 is 44.3 Å². The number of nitrogens with zero attached hydrogens (tertiary/aromatic N) is 20. The van der Waals surface area contributed by atoms with Crippen LogP contribution in [0.3, 0.4) is 0 Å². The molecule has 6 aliphatic heterocycles. The summed E-state index contributed by atoms with van der Waals surface area (Å²) in [6.07, 6.45) is 23.9.